The Bertz CT molecular complexity index is 920. The van der Waals surface area contributed by atoms with Crippen LogP contribution in [-0.4, -0.2) is 18.8 Å². The second-order valence-electron chi connectivity index (χ2n) is 7.36. The van der Waals surface area contributed by atoms with Crippen LogP contribution in [0, 0.1) is 5.92 Å². The zero-order chi connectivity index (χ0) is 23.6. The Hall–Kier alpha value is -2.42. The number of carbonyl (C=O) groups excluding carboxylic acids is 1. The quantitative estimate of drug-likeness (QED) is 0.480. The number of carbonyl (C=O) groups is 1. The SMILES string of the molecule is CC(C)CC(C(=O)[O-])c1cc(Cl)c(OCC(F)(F)F)c(-c2ccc(C(F)(F)F)cc2)c1. The van der Waals surface area contributed by atoms with Gasteiger partial charge in [0.2, 0.25) is 0 Å². The van der Waals surface area contributed by atoms with Crippen molar-refractivity contribution in [1.29, 1.82) is 0 Å². The van der Waals surface area contributed by atoms with Crippen LogP contribution in [0.1, 0.15) is 37.3 Å². The molecule has 0 saturated carbocycles. The topological polar surface area (TPSA) is 49.4 Å². The molecule has 2 aromatic rings. The number of carboxylic acid groups (broad SMARTS) is 1. The highest BCUT2D eigenvalue weighted by Gasteiger charge is 2.31. The Morgan fingerprint density at radius 3 is 2.10 bits per heavy atom. The lowest BCUT2D eigenvalue weighted by Gasteiger charge is -2.23. The molecule has 1 atom stereocenters. The molecule has 0 aliphatic rings. The number of hydrogen-bond donors (Lipinski definition) is 0. The minimum Gasteiger partial charge on any atom is -0.549 e. The third-order valence-electron chi connectivity index (χ3n) is 4.36. The predicted molar refractivity (Wildman–Crippen MR) is 101 cm³/mol. The first-order chi connectivity index (χ1) is 14.2. The Morgan fingerprint density at radius 2 is 1.65 bits per heavy atom. The molecule has 2 aromatic carbocycles. The second kappa shape index (κ2) is 9.38. The van der Waals surface area contributed by atoms with Crippen molar-refractivity contribution in [3.8, 4) is 16.9 Å². The van der Waals surface area contributed by atoms with Gasteiger partial charge < -0.3 is 14.6 Å². The molecule has 10 heteroatoms. The van der Waals surface area contributed by atoms with E-state index < -0.39 is 42.2 Å². The van der Waals surface area contributed by atoms with Gasteiger partial charge in [-0.25, -0.2) is 0 Å². The summed E-state index contributed by atoms with van der Waals surface area (Å²) >= 11 is 6.12. The van der Waals surface area contributed by atoms with E-state index >= 15 is 0 Å². The van der Waals surface area contributed by atoms with Crippen LogP contribution in [0.3, 0.4) is 0 Å². The summed E-state index contributed by atoms with van der Waals surface area (Å²) in [6.45, 7) is 1.86. The number of carboxylic acids is 1. The molecule has 1 unspecified atom stereocenters. The monoisotopic (exact) mass is 467 g/mol. The molecule has 0 fully saturated rings. The summed E-state index contributed by atoms with van der Waals surface area (Å²) in [4.78, 5) is 11.6. The van der Waals surface area contributed by atoms with Crippen LogP contribution in [0.2, 0.25) is 5.02 Å². The van der Waals surface area contributed by atoms with Crippen LogP contribution in [0.4, 0.5) is 26.3 Å². The van der Waals surface area contributed by atoms with Gasteiger partial charge in [0.25, 0.3) is 0 Å². The zero-order valence-electron chi connectivity index (χ0n) is 16.4. The molecule has 0 aliphatic carbocycles. The van der Waals surface area contributed by atoms with Crippen molar-refractivity contribution >= 4 is 17.6 Å². The lowest BCUT2D eigenvalue weighted by atomic mass is 9.88. The van der Waals surface area contributed by atoms with E-state index in [2.05, 4.69) is 0 Å². The van der Waals surface area contributed by atoms with Gasteiger partial charge in [0.1, 0.15) is 5.75 Å². The first-order valence-corrected chi connectivity index (χ1v) is 9.48. The van der Waals surface area contributed by atoms with Crippen molar-refractivity contribution in [1.82, 2.24) is 0 Å². The number of halogens is 7. The number of ether oxygens (including phenoxy) is 1. The molecule has 0 N–H and O–H groups in total. The highest BCUT2D eigenvalue weighted by atomic mass is 35.5. The van der Waals surface area contributed by atoms with Crippen molar-refractivity contribution in [3.05, 3.63) is 52.5 Å². The van der Waals surface area contributed by atoms with Gasteiger partial charge in [-0.05, 0) is 47.7 Å². The van der Waals surface area contributed by atoms with Crippen LogP contribution in [0.15, 0.2) is 36.4 Å². The van der Waals surface area contributed by atoms with Gasteiger partial charge in [-0.15, -0.1) is 0 Å². The molecule has 0 amide bonds. The van der Waals surface area contributed by atoms with Gasteiger partial charge in [-0.1, -0.05) is 37.6 Å². The van der Waals surface area contributed by atoms with Gasteiger partial charge in [-0.3, -0.25) is 0 Å². The molecule has 0 aromatic heterocycles. The summed E-state index contributed by atoms with van der Waals surface area (Å²) in [6, 6.07) is 6.04. The summed E-state index contributed by atoms with van der Waals surface area (Å²) in [7, 11) is 0. The second-order valence-corrected chi connectivity index (χ2v) is 7.77. The summed E-state index contributed by atoms with van der Waals surface area (Å²) in [5.41, 5.74) is -0.789. The number of alkyl halides is 6. The van der Waals surface area contributed by atoms with Crippen molar-refractivity contribution in [2.75, 3.05) is 6.61 Å². The summed E-state index contributed by atoms with van der Waals surface area (Å²) in [6.07, 6.45) is -9.14. The van der Waals surface area contributed by atoms with E-state index in [1.54, 1.807) is 13.8 Å². The number of benzene rings is 2. The minimum absolute atomic E-state index is 0.0580. The van der Waals surface area contributed by atoms with Gasteiger partial charge in [0.05, 0.1) is 10.6 Å². The van der Waals surface area contributed by atoms with Crippen LogP contribution >= 0.6 is 11.6 Å². The Labute approximate surface area is 179 Å². The van der Waals surface area contributed by atoms with Crippen molar-refractivity contribution < 1.29 is 41.0 Å². The molecule has 0 aliphatic heterocycles. The first kappa shape index (κ1) is 24.8. The third kappa shape index (κ3) is 6.78. The number of hydrogen-bond acceptors (Lipinski definition) is 3. The van der Waals surface area contributed by atoms with E-state index in [1.807, 2.05) is 0 Å². The highest BCUT2D eigenvalue weighted by molar-refractivity contribution is 6.32. The molecule has 0 heterocycles. The van der Waals surface area contributed by atoms with Crippen LogP contribution in [0.5, 0.6) is 5.75 Å². The smallest absolute Gasteiger partial charge is 0.422 e. The summed E-state index contributed by atoms with van der Waals surface area (Å²) in [5, 5.41) is 11.3. The van der Waals surface area contributed by atoms with Crippen molar-refractivity contribution in [3.63, 3.8) is 0 Å². The molecular weight excluding hydrogens is 450 g/mol. The zero-order valence-corrected chi connectivity index (χ0v) is 17.2. The molecular formula is C21H18ClF6O3-. The molecule has 31 heavy (non-hydrogen) atoms. The van der Waals surface area contributed by atoms with Gasteiger partial charge >= 0.3 is 12.4 Å². The number of rotatable bonds is 7. The standard InChI is InChI=1S/C21H19ClF6O3/c1-11(2)7-16(19(29)30)13-8-15(12-3-5-14(6-4-12)21(26,27)28)18(17(22)9-13)31-10-20(23,24)25/h3-6,8-9,11,16H,7,10H2,1-2H3,(H,29,30)/p-1. The van der Waals surface area contributed by atoms with E-state index in [0.29, 0.717) is 0 Å². The van der Waals surface area contributed by atoms with Crippen LogP contribution < -0.4 is 9.84 Å². The molecule has 0 spiro atoms. The van der Waals surface area contributed by atoms with E-state index in [0.717, 1.165) is 24.3 Å². The van der Waals surface area contributed by atoms with E-state index in [4.69, 9.17) is 16.3 Å². The average Bonchev–Trinajstić information content (AvgIpc) is 2.63. The van der Waals surface area contributed by atoms with Crippen molar-refractivity contribution in [2.24, 2.45) is 5.92 Å². The maximum atomic E-state index is 12.9. The number of aliphatic carboxylic acids is 1. The van der Waals surface area contributed by atoms with E-state index in [9.17, 15) is 36.2 Å². The largest absolute Gasteiger partial charge is 0.549 e. The van der Waals surface area contributed by atoms with E-state index in [1.165, 1.54) is 12.1 Å². The molecule has 2 rings (SSSR count). The molecule has 0 radical (unpaired) electrons. The average molecular weight is 468 g/mol. The van der Waals surface area contributed by atoms with Crippen LogP contribution in [0.25, 0.3) is 11.1 Å². The van der Waals surface area contributed by atoms with Gasteiger partial charge in [-0.2, -0.15) is 26.3 Å². The van der Waals surface area contributed by atoms with Crippen molar-refractivity contribution in [2.45, 2.75) is 38.5 Å². The Balaban J connectivity index is 2.62. The normalized spacial score (nSPS) is 13.4. The third-order valence-corrected chi connectivity index (χ3v) is 4.64. The fraction of sp³-hybridized carbons (Fsp3) is 0.381. The lowest BCUT2D eigenvalue weighted by Crippen LogP contribution is -2.30. The Kier molecular flexibility index (Phi) is 7.52. The lowest BCUT2D eigenvalue weighted by molar-refractivity contribution is -0.308. The maximum absolute atomic E-state index is 12.9. The molecule has 170 valence electrons. The molecule has 0 bridgehead atoms. The molecule has 3 nitrogen and oxygen atoms in total. The fourth-order valence-electron chi connectivity index (χ4n) is 3.01. The summed E-state index contributed by atoms with van der Waals surface area (Å²) in [5.74, 6) is -3.00. The van der Waals surface area contributed by atoms with Gasteiger partial charge in [0.15, 0.2) is 6.61 Å². The fourth-order valence-corrected chi connectivity index (χ4v) is 3.29. The van der Waals surface area contributed by atoms with Crippen LogP contribution in [-0.2, 0) is 11.0 Å². The highest BCUT2D eigenvalue weighted by Crippen LogP contribution is 2.42. The maximum Gasteiger partial charge on any atom is 0.422 e. The minimum atomic E-state index is -4.69. The van der Waals surface area contributed by atoms with Gasteiger partial charge in [0, 0.05) is 17.5 Å². The first-order valence-electron chi connectivity index (χ1n) is 9.10. The Morgan fingerprint density at radius 1 is 1.06 bits per heavy atom. The predicted octanol–water partition coefficient (Wildman–Crippen LogP) is 5.85. The summed E-state index contributed by atoms with van der Waals surface area (Å²) < 4.78 is 81.4. The molecule has 0 saturated heterocycles. The van der Waals surface area contributed by atoms with E-state index in [-0.39, 0.29) is 34.1 Å².